The van der Waals surface area contributed by atoms with E-state index in [1.807, 2.05) is 18.2 Å². The normalized spacial score (nSPS) is 34.2. The Morgan fingerprint density at radius 1 is 1.26 bits per heavy atom. The van der Waals surface area contributed by atoms with E-state index >= 15 is 0 Å². The highest BCUT2D eigenvalue weighted by Gasteiger charge is 2.63. The molecular weight excluding hydrogens is 236 g/mol. The van der Waals surface area contributed by atoms with Crippen LogP contribution in [0, 0.1) is 16.7 Å². The van der Waals surface area contributed by atoms with Crippen molar-refractivity contribution in [2.75, 3.05) is 0 Å². The van der Waals surface area contributed by atoms with Gasteiger partial charge in [-0.05, 0) is 36.3 Å². The third kappa shape index (κ3) is 1.46. The fourth-order valence-corrected chi connectivity index (χ4v) is 3.87. The Hall–Kier alpha value is -1.57. The van der Waals surface area contributed by atoms with Crippen molar-refractivity contribution in [3.63, 3.8) is 0 Å². The number of aromatic hydroxyl groups is 1. The summed E-state index contributed by atoms with van der Waals surface area (Å²) in [6.07, 6.45) is 3.96. The minimum Gasteiger partial charge on any atom is -0.507 e. The van der Waals surface area contributed by atoms with Gasteiger partial charge < -0.3 is 5.11 Å². The van der Waals surface area contributed by atoms with Crippen LogP contribution in [0.3, 0.4) is 0 Å². The summed E-state index contributed by atoms with van der Waals surface area (Å²) in [5, 5.41) is 9.87. The van der Waals surface area contributed by atoms with Crippen LogP contribution in [0.25, 0.3) is 6.08 Å². The summed E-state index contributed by atoms with van der Waals surface area (Å²) < 4.78 is 0. The maximum Gasteiger partial charge on any atom is 0.165 e. The molecule has 0 saturated heterocycles. The average molecular weight is 256 g/mol. The van der Waals surface area contributed by atoms with E-state index < -0.39 is 0 Å². The van der Waals surface area contributed by atoms with Crippen LogP contribution >= 0.6 is 0 Å². The van der Waals surface area contributed by atoms with E-state index in [2.05, 4.69) is 20.8 Å². The van der Waals surface area contributed by atoms with Crippen LogP contribution in [-0.2, 0) is 4.79 Å². The molecule has 1 aromatic rings. The average Bonchev–Trinajstić information content (AvgIpc) is 2.66. The molecule has 0 heterocycles. The number of phenolic OH excluding ortho intramolecular Hbond substituents is 1. The van der Waals surface area contributed by atoms with Crippen molar-refractivity contribution in [2.24, 2.45) is 16.7 Å². The first kappa shape index (κ1) is 12.5. The molecule has 2 atom stereocenters. The van der Waals surface area contributed by atoms with Gasteiger partial charge in [0.25, 0.3) is 0 Å². The Morgan fingerprint density at radius 2 is 1.95 bits per heavy atom. The second kappa shape index (κ2) is 3.72. The second-order valence-electron chi connectivity index (χ2n) is 6.63. The van der Waals surface area contributed by atoms with Gasteiger partial charge in [-0.25, -0.2) is 0 Å². The van der Waals surface area contributed by atoms with Crippen molar-refractivity contribution in [1.82, 2.24) is 0 Å². The Balaban J connectivity index is 2.10. The molecule has 2 fully saturated rings. The van der Waals surface area contributed by atoms with Gasteiger partial charge >= 0.3 is 0 Å². The molecule has 2 aliphatic carbocycles. The molecule has 0 aliphatic heterocycles. The SMILES string of the molecule is CC12CCC(C(=Cc3ccccc3O)C1=O)C2(C)C. The van der Waals surface area contributed by atoms with E-state index in [9.17, 15) is 9.90 Å². The highest BCUT2D eigenvalue weighted by molar-refractivity contribution is 6.08. The van der Waals surface area contributed by atoms with Crippen LogP contribution in [0.15, 0.2) is 29.8 Å². The van der Waals surface area contributed by atoms with Crippen LogP contribution in [0.1, 0.15) is 39.2 Å². The Kier molecular flexibility index (Phi) is 2.44. The van der Waals surface area contributed by atoms with Gasteiger partial charge in [-0.15, -0.1) is 0 Å². The third-order valence-corrected chi connectivity index (χ3v) is 5.61. The number of Topliss-reactive ketones (excluding diaryl/α,β-unsaturated/α-hetero) is 1. The molecule has 2 heteroatoms. The van der Waals surface area contributed by atoms with Gasteiger partial charge in [0.15, 0.2) is 5.78 Å². The van der Waals surface area contributed by atoms with Gasteiger partial charge in [-0.1, -0.05) is 39.0 Å². The standard InChI is InChI=1S/C17H20O2/c1-16(2)13-8-9-17(16,3)15(19)12(13)10-11-6-4-5-7-14(11)18/h4-7,10,13,18H,8-9H2,1-3H3. The van der Waals surface area contributed by atoms with E-state index in [1.54, 1.807) is 12.1 Å². The number of hydrogen-bond donors (Lipinski definition) is 1. The molecule has 0 aromatic heterocycles. The van der Waals surface area contributed by atoms with Gasteiger partial charge in [-0.3, -0.25) is 4.79 Å². The summed E-state index contributed by atoms with van der Waals surface area (Å²) in [6.45, 7) is 6.50. The number of ketones is 1. The van der Waals surface area contributed by atoms with Gasteiger partial charge in [0.05, 0.1) is 0 Å². The monoisotopic (exact) mass is 256 g/mol. The van der Waals surface area contributed by atoms with E-state index in [4.69, 9.17) is 0 Å². The van der Waals surface area contributed by atoms with Crippen molar-refractivity contribution < 1.29 is 9.90 Å². The molecular formula is C17H20O2. The summed E-state index contributed by atoms with van der Waals surface area (Å²) in [6, 6.07) is 7.20. The number of carbonyl (C=O) groups is 1. The largest absolute Gasteiger partial charge is 0.507 e. The topological polar surface area (TPSA) is 37.3 Å². The number of hydrogen-bond acceptors (Lipinski definition) is 2. The molecule has 100 valence electrons. The summed E-state index contributed by atoms with van der Waals surface area (Å²) in [7, 11) is 0. The highest BCUT2D eigenvalue weighted by Crippen LogP contribution is 2.65. The lowest BCUT2D eigenvalue weighted by atomic mass is 9.70. The maximum atomic E-state index is 12.7. The van der Waals surface area contributed by atoms with Crippen LogP contribution < -0.4 is 0 Å². The van der Waals surface area contributed by atoms with Crippen molar-refractivity contribution in [3.05, 3.63) is 35.4 Å². The molecule has 2 aliphatic rings. The lowest BCUT2D eigenvalue weighted by Crippen LogP contribution is -2.32. The number of rotatable bonds is 1. The minimum absolute atomic E-state index is 0.0281. The van der Waals surface area contributed by atoms with Crippen molar-refractivity contribution >= 4 is 11.9 Å². The zero-order valence-electron chi connectivity index (χ0n) is 11.7. The number of carbonyl (C=O) groups excluding carboxylic acids is 1. The quantitative estimate of drug-likeness (QED) is 0.776. The predicted octanol–water partition coefficient (Wildman–Crippen LogP) is 3.80. The lowest BCUT2D eigenvalue weighted by molar-refractivity contribution is -0.125. The lowest BCUT2D eigenvalue weighted by Gasteiger charge is -2.31. The van der Waals surface area contributed by atoms with Crippen molar-refractivity contribution in [1.29, 1.82) is 0 Å². The zero-order chi connectivity index (χ0) is 13.8. The molecule has 1 N–H and O–H groups in total. The summed E-state index contributed by atoms with van der Waals surface area (Å²) in [5.74, 6) is 0.843. The maximum absolute atomic E-state index is 12.7. The number of phenols is 1. The smallest absolute Gasteiger partial charge is 0.165 e. The second-order valence-corrected chi connectivity index (χ2v) is 6.63. The van der Waals surface area contributed by atoms with E-state index in [0.29, 0.717) is 5.92 Å². The third-order valence-electron chi connectivity index (χ3n) is 5.61. The first-order chi connectivity index (χ1) is 8.88. The Morgan fingerprint density at radius 3 is 2.53 bits per heavy atom. The van der Waals surface area contributed by atoms with Crippen LogP contribution in [0.5, 0.6) is 5.75 Å². The van der Waals surface area contributed by atoms with E-state index in [-0.39, 0.29) is 22.4 Å². The predicted molar refractivity (Wildman–Crippen MR) is 75.7 cm³/mol. The molecule has 0 spiro atoms. The molecule has 19 heavy (non-hydrogen) atoms. The van der Waals surface area contributed by atoms with Crippen LogP contribution in [-0.4, -0.2) is 10.9 Å². The van der Waals surface area contributed by atoms with Gasteiger partial charge in [0.2, 0.25) is 0 Å². The fraction of sp³-hybridized carbons (Fsp3) is 0.471. The van der Waals surface area contributed by atoms with Crippen molar-refractivity contribution in [2.45, 2.75) is 33.6 Å². The molecule has 2 unspecified atom stereocenters. The molecule has 0 radical (unpaired) electrons. The molecule has 3 rings (SSSR count). The van der Waals surface area contributed by atoms with Gasteiger partial charge in [0, 0.05) is 16.6 Å². The van der Waals surface area contributed by atoms with Crippen molar-refractivity contribution in [3.8, 4) is 5.75 Å². The number of benzene rings is 1. The summed E-state index contributed by atoms with van der Waals surface area (Å²) >= 11 is 0. The number of fused-ring (bicyclic) bond motifs is 2. The molecule has 2 saturated carbocycles. The Labute approximate surface area is 114 Å². The summed E-state index contributed by atoms with van der Waals surface area (Å²) in [4.78, 5) is 12.7. The fourth-order valence-electron chi connectivity index (χ4n) is 3.87. The highest BCUT2D eigenvalue weighted by atomic mass is 16.3. The number of para-hydroxylation sites is 1. The summed E-state index contributed by atoms with van der Waals surface area (Å²) in [5.41, 5.74) is 1.45. The van der Waals surface area contributed by atoms with Crippen LogP contribution in [0.2, 0.25) is 0 Å². The molecule has 2 bridgehead atoms. The first-order valence-electron chi connectivity index (χ1n) is 6.92. The minimum atomic E-state index is -0.228. The van der Waals surface area contributed by atoms with Gasteiger partial charge in [-0.2, -0.15) is 0 Å². The number of allylic oxidation sites excluding steroid dienone is 1. The first-order valence-corrected chi connectivity index (χ1v) is 6.92. The Bertz CT molecular complexity index is 583. The van der Waals surface area contributed by atoms with Crippen LogP contribution in [0.4, 0.5) is 0 Å². The molecule has 1 aromatic carbocycles. The van der Waals surface area contributed by atoms with Gasteiger partial charge in [0.1, 0.15) is 5.75 Å². The van der Waals surface area contributed by atoms with E-state index in [1.165, 1.54) is 0 Å². The zero-order valence-corrected chi connectivity index (χ0v) is 11.7. The van der Waals surface area contributed by atoms with E-state index in [0.717, 1.165) is 24.0 Å². The molecule has 2 nitrogen and oxygen atoms in total. The molecule has 0 amide bonds.